The van der Waals surface area contributed by atoms with E-state index in [0.717, 1.165) is 47.2 Å². The van der Waals surface area contributed by atoms with Crippen molar-refractivity contribution in [2.45, 2.75) is 45.2 Å². The SMILES string of the molecule is COc1ccccc1Cn1c(C(=O)N2CCN(C(=O)C3CCCC3)[C@@H](C)C2)cc2ccsc21. The molecule has 33 heavy (non-hydrogen) atoms. The molecule has 1 aliphatic heterocycles. The number of rotatable bonds is 5. The number of carbonyl (C=O) groups is 2. The third-order valence-corrected chi connectivity index (χ3v) is 8.10. The van der Waals surface area contributed by atoms with E-state index in [4.69, 9.17) is 4.74 Å². The number of aromatic nitrogens is 1. The van der Waals surface area contributed by atoms with Crippen LogP contribution in [0.3, 0.4) is 0 Å². The largest absolute Gasteiger partial charge is 0.496 e. The van der Waals surface area contributed by atoms with Gasteiger partial charge in [0, 0.05) is 42.5 Å². The lowest BCUT2D eigenvalue weighted by molar-refractivity contribution is -0.139. The summed E-state index contributed by atoms with van der Waals surface area (Å²) in [6.45, 7) is 4.41. The highest BCUT2D eigenvalue weighted by molar-refractivity contribution is 7.16. The Labute approximate surface area is 198 Å². The summed E-state index contributed by atoms with van der Waals surface area (Å²) in [6.07, 6.45) is 4.34. The highest BCUT2D eigenvalue weighted by Crippen LogP contribution is 2.31. The second-order valence-corrected chi connectivity index (χ2v) is 10.1. The van der Waals surface area contributed by atoms with Crippen molar-refractivity contribution in [1.82, 2.24) is 14.4 Å². The number of hydrogen-bond acceptors (Lipinski definition) is 4. The quantitative estimate of drug-likeness (QED) is 0.552. The van der Waals surface area contributed by atoms with Crippen LogP contribution in [0.2, 0.25) is 0 Å². The first-order valence-electron chi connectivity index (χ1n) is 11.8. The molecular weight excluding hydrogens is 434 g/mol. The van der Waals surface area contributed by atoms with E-state index in [1.165, 1.54) is 0 Å². The summed E-state index contributed by atoms with van der Waals surface area (Å²) < 4.78 is 7.66. The Hall–Kier alpha value is -2.80. The number of nitrogens with zero attached hydrogens (tertiary/aromatic N) is 3. The molecule has 1 saturated heterocycles. The van der Waals surface area contributed by atoms with Gasteiger partial charge in [0.2, 0.25) is 5.91 Å². The monoisotopic (exact) mass is 465 g/mol. The standard InChI is InChI=1S/C26H31N3O3S/c1-18-16-27(12-13-28(18)24(30)19-7-3-4-8-19)25(31)22-15-20-11-14-33-26(20)29(22)17-21-9-5-6-10-23(21)32-2/h5-6,9-11,14-15,18-19H,3-4,7-8,12-13,16-17H2,1-2H3/t18-/m0/s1. The van der Waals surface area contributed by atoms with Gasteiger partial charge in [-0.25, -0.2) is 0 Å². The Morgan fingerprint density at radius 2 is 1.91 bits per heavy atom. The predicted molar refractivity (Wildman–Crippen MR) is 131 cm³/mol. The molecule has 174 valence electrons. The smallest absolute Gasteiger partial charge is 0.270 e. The first-order valence-corrected chi connectivity index (χ1v) is 12.7. The lowest BCUT2D eigenvalue weighted by Crippen LogP contribution is -2.56. The van der Waals surface area contributed by atoms with Gasteiger partial charge in [0.05, 0.1) is 13.7 Å². The van der Waals surface area contributed by atoms with E-state index in [-0.39, 0.29) is 23.8 Å². The molecule has 3 heterocycles. The van der Waals surface area contributed by atoms with Crippen molar-refractivity contribution in [2.75, 3.05) is 26.7 Å². The summed E-state index contributed by atoms with van der Waals surface area (Å²) in [6, 6.07) is 12.1. The fourth-order valence-corrected chi connectivity index (χ4v) is 6.25. The van der Waals surface area contributed by atoms with Gasteiger partial charge < -0.3 is 19.1 Å². The van der Waals surface area contributed by atoms with Gasteiger partial charge in [-0.05, 0) is 43.3 Å². The van der Waals surface area contributed by atoms with E-state index in [1.54, 1.807) is 18.4 Å². The van der Waals surface area contributed by atoms with Gasteiger partial charge in [-0.3, -0.25) is 9.59 Å². The number of piperazine rings is 1. The summed E-state index contributed by atoms with van der Waals surface area (Å²) in [4.78, 5) is 31.7. The van der Waals surface area contributed by atoms with E-state index in [2.05, 4.69) is 22.9 Å². The summed E-state index contributed by atoms with van der Waals surface area (Å²) in [5.74, 6) is 1.32. The molecule has 2 aliphatic rings. The van der Waals surface area contributed by atoms with E-state index in [1.807, 2.05) is 40.1 Å². The maximum Gasteiger partial charge on any atom is 0.270 e. The van der Waals surface area contributed by atoms with Crippen molar-refractivity contribution >= 4 is 33.4 Å². The van der Waals surface area contributed by atoms with Crippen LogP contribution >= 0.6 is 11.3 Å². The summed E-state index contributed by atoms with van der Waals surface area (Å²) >= 11 is 1.65. The van der Waals surface area contributed by atoms with Crippen molar-refractivity contribution in [1.29, 1.82) is 0 Å². The number of hydrogen-bond donors (Lipinski definition) is 0. The zero-order chi connectivity index (χ0) is 22.9. The van der Waals surface area contributed by atoms with Crippen LogP contribution in [0, 0.1) is 5.92 Å². The average molecular weight is 466 g/mol. The highest BCUT2D eigenvalue weighted by Gasteiger charge is 2.35. The van der Waals surface area contributed by atoms with Crippen molar-refractivity contribution in [3.8, 4) is 5.75 Å². The third kappa shape index (κ3) is 4.14. The second-order valence-electron chi connectivity index (χ2n) is 9.22. The van der Waals surface area contributed by atoms with Crippen molar-refractivity contribution in [3.63, 3.8) is 0 Å². The number of thiophene rings is 1. The molecule has 1 atom stereocenters. The van der Waals surface area contributed by atoms with Crippen LogP contribution < -0.4 is 4.74 Å². The zero-order valence-electron chi connectivity index (χ0n) is 19.3. The number of para-hydroxylation sites is 1. The molecule has 5 rings (SSSR count). The summed E-state index contributed by atoms with van der Waals surface area (Å²) in [5, 5.41) is 3.15. The first-order chi connectivity index (χ1) is 16.1. The minimum absolute atomic E-state index is 0.0353. The molecule has 1 aliphatic carbocycles. The molecule has 2 fully saturated rings. The molecule has 0 radical (unpaired) electrons. The molecule has 0 N–H and O–H groups in total. The van der Waals surface area contributed by atoms with Crippen LogP contribution in [0.1, 0.15) is 48.7 Å². The lowest BCUT2D eigenvalue weighted by atomic mass is 10.0. The van der Waals surface area contributed by atoms with Crippen LogP contribution in [0.4, 0.5) is 0 Å². The molecule has 1 saturated carbocycles. The number of carbonyl (C=O) groups excluding carboxylic acids is 2. The van der Waals surface area contributed by atoms with Gasteiger partial charge in [0.15, 0.2) is 0 Å². The van der Waals surface area contributed by atoms with Gasteiger partial charge >= 0.3 is 0 Å². The fraction of sp³-hybridized carbons (Fsp3) is 0.462. The van der Waals surface area contributed by atoms with Gasteiger partial charge in [-0.2, -0.15) is 0 Å². The molecule has 0 unspecified atom stereocenters. The van der Waals surface area contributed by atoms with Crippen molar-refractivity contribution in [3.05, 3.63) is 53.0 Å². The minimum Gasteiger partial charge on any atom is -0.496 e. The van der Waals surface area contributed by atoms with Crippen molar-refractivity contribution in [2.24, 2.45) is 5.92 Å². The molecule has 7 heteroatoms. The van der Waals surface area contributed by atoms with Gasteiger partial charge in [0.1, 0.15) is 16.3 Å². The third-order valence-electron chi connectivity index (χ3n) is 7.14. The molecule has 1 aromatic carbocycles. The lowest BCUT2D eigenvalue weighted by Gasteiger charge is -2.41. The maximum atomic E-state index is 13.7. The fourth-order valence-electron chi connectivity index (χ4n) is 5.35. The zero-order valence-corrected chi connectivity index (χ0v) is 20.1. The number of ether oxygens (including phenoxy) is 1. The van der Waals surface area contributed by atoms with Gasteiger partial charge in [-0.15, -0.1) is 11.3 Å². The van der Waals surface area contributed by atoms with E-state index in [9.17, 15) is 9.59 Å². The predicted octanol–water partition coefficient (Wildman–Crippen LogP) is 4.62. The van der Waals surface area contributed by atoms with Crippen LogP contribution in [0.25, 0.3) is 10.2 Å². The number of amides is 2. The molecule has 6 nitrogen and oxygen atoms in total. The van der Waals surface area contributed by atoms with Gasteiger partial charge in [-0.1, -0.05) is 31.0 Å². The molecular formula is C26H31N3O3S. The maximum absolute atomic E-state index is 13.7. The minimum atomic E-state index is 0.0353. The van der Waals surface area contributed by atoms with Crippen molar-refractivity contribution < 1.29 is 14.3 Å². The summed E-state index contributed by atoms with van der Waals surface area (Å²) in [5.41, 5.74) is 1.74. The van der Waals surface area contributed by atoms with Gasteiger partial charge in [0.25, 0.3) is 5.91 Å². The Kier molecular flexibility index (Phi) is 6.15. The van der Waals surface area contributed by atoms with Crippen LogP contribution in [0.5, 0.6) is 5.75 Å². The average Bonchev–Trinajstić information content (AvgIpc) is 3.58. The first kappa shape index (κ1) is 22.0. The van der Waals surface area contributed by atoms with Crippen LogP contribution in [-0.2, 0) is 11.3 Å². The summed E-state index contributed by atoms with van der Waals surface area (Å²) in [7, 11) is 1.68. The molecule has 0 spiro atoms. The van der Waals surface area contributed by atoms with E-state index in [0.29, 0.717) is 31.9 Å². The molecule has 0 bridgehead atoms. The molecule has 3 aromatic rings. The highest BCUT2D eigenvalue weighted by atomic mass is 32.1. The van der Waals surface area contributed by atoms with E-state index >= 15 is 0 Å². The molecule has 2 aromatic heterocycles. The molecule has 2 amide bonds. The second kappa shape index (κ2) is 9.21. The Morgan fingerprint density at radius 1 is 1.12 bits per heavy atom. The normalized spacial score (nSPS) is 19.4. The number of methoxy groups -OCH3 is 1. The Bertz CT molecular complexity index is 1160. The Morgan fingerprint density at radius 3 is 2.67 bits per heavy atom. The Balaban J connectivity index is 1.37. The number of benzene rings is 1. The topological polar surface area (TPSA) is 54.8 Å². The van der Waals surface area contributed by atoms with Crippen LogP contribution in [0.15, 0.2) is 41.8 Å². The number of fused-ring (bicyclic) bond motifs is 1. The van der Waals surface area contributed by atoms with E-state index < -0.39 is 0 Å². The van der Waals surface area contributed by atoms with Crippen LogP contribution in [-0.4, -0.2) is 59.0 Å².